The summed E-state index contributed by atoms with van der Waals surface area (Å²) in [6, 6.07) is 5.19. The van der Waals surface area contributed by atoms with Crippen molar-refractivity contribution in [3.63, 3.8) is 0 Å². The molecule has 0 aromatic heterocycles. The Kier molecular flexibility index (Phi) is 4.12. The topological polar surface area (TPSA) is 12.0 Å². The molecular formula is C12H14F3N. The molecule has 0 bridgehead atoms. The summed E-state index contributed by atoms with van der Waals surface area (Å²) in [5, 5.41) is 3.11. The zero-order valence-corrected chi connectivity index (χ0v) is 9.01. The van der Waals surface area contributed by atoms with E-state index >= 15 is 0 Å². The molecule has 88 valence electrons. The maximum Gasteiger partial charge on any atom is 0.416 e. The van der Waals surface area contributed by atoms with E-state index in [4.69, 9.17) is 0 Å². The lowest BCUT2D eigenvalue weighted by molar-refractivity contribution is -0.137. The Hall–Kier alpha value is -1.29. The molecule has 0 spiro atoms. The molecule has 1 rings (SSSR count). The van der Waals surface area contributed by atoms with Gasteiger partial charge in [0.05, 0.1) is 5.56 Å². The van der Waals surface area contributed by atoms with Crippen LogP contribution < -0.4 is 5.32 Å². The van der Waals surface area contributed by atoms with Gasteiger partial charge in [0.25, 0.3) is 0 Å². The van der Waals surface area contributed by atoms with E-state index in [1.807, 2.05) is 6.92 Å². The van der Waals surface area contributed by atoms with Gasteiger partial charge in [-0.2, -0.15) is 13.2 Å². The van der Waals surface area contributed by atoms with E-state index in [-0.39, 0.29) is 6.04 Å². The molecule has 16 heavy (non-hydrogen) atoms. The van der Waals surface area contributed by atoms with Crippen molar-refractivity contribution in [1.82, 2.24) is 5.32 Å². The normalized spacial score (nSPS) is 13.5. The van der Waals surface area contributed by atoms with E-state index in [2.05, 4.69) is 11.9 Å². The molecule has 1 atom stereocenters. The lowest BCUT2D eigenvalue weighted by Crippen LogP contribution is -2.18. The third kappa shape index (κ3) is 3.38. The van der Waals surface area contributed by atoms with Crippen LogP contribution in [-0.2, 0) is 6.18 Å². The summed E-state index contributed by atoms with van der Waals surface area (Å²) in [5.41, 5.74) is 0.210. The van der Waals surface area contributed by atoms with Gasteiger partial charge in [-0.3, -0.25) is 0 Å². The summed E-state index contributed by atoms with van der Waals surface area (Å²) >= 11 is 0. The zero-order valence-electron chi connectivity index (χ0n) is 9.01. The Bertz CT molecular complexity index is 340. The van der Waals surface area contributed by atoms with Crippen LogP contribution >= 0.6 is 0 Å². The van der Waals surface area contributed by atoms with Crippen molar-refractivity contribution in [2.45, 2.75) is 19.1 Å². The van der Waals surface area contributed by atoms with Crippen LogP contribution in [-0.4, -0.2) is 6.54 Å². The van der Waals surface area contributed by atoms with Gasteiger partial charge in [0.2, 0.25) is 0 Å². The first-order chi connectivity index (χ1) is 7.45. The largest absolute Gasteiger partial charge is 0.416 e. The first-order valence-corrected chi connectivity index (χ1v) is 4.96. The van der Waals surface area contributed by atoms with E-state index < -0.39 is 11.7 Å². The van der Waals surface area contributed by atoms with E-state index in [1.54, 1.807) is 6.08 Å². The average molecular weight is 229 g/mol. The molecule has 1 aromatic rings. The Morgan fingerprint density at radius 1 is 1.31 bits per heavy atom. The average Bonchev–Trinajstić information content (AvgIpc) is 2.25. The Balaban J connectivity index is 2.74. The summed E-state index contributed by atoms with van der Waals surface area (Å²) in [5.74, 6) is 0. The second-order valence-corrected chi connectivity index (χ2v) is 3.54. The molecule has 0 saturated heterocycles. The standard InChI is InChI=1S/C12H14F3N/c1-3-8-16-9(2)10-4-6-11(7-5-10)12(13,14)15/h3-7,9,16H,1,8H2,2H3. The van der Waals surface area contributed by atoms with Crippen molar-refractivity contribution in [2.24, 2.45) is 0 Å². The van der Waals surface area contributed by atoms with Gasteiger partial charge in [-0.1, -0.05) is 18.2 Å². The third-order valence-electron chi connectivity index (χ3n) is 2.31. The van der Waals surface area contributed by atoms with Gasteiger partial charge in [0, 0.05) is 12.6 Å². The molecule has 0 fully saturated rings. The second-order valence-electron chi connectivity index (χ2n) is 3.54. The molecule has 0 radical (unpaired) electrons. The van der Waals surface area contributed by atoms with Crippen LogP contribution in [0.15, 0.2) is 36.9 Å². The third-order valence-corrected chi connectivity index (χ3v) is 2.31. The summed E-state index contributed by atoms with van der Waals surface area (Å²) in [4.78, 5) is 0. The minimum Gasteiger partial charge on any atom is -0.307 e. The van der Waals surface area contributed by atoms with Crippen molar-refractivity contribution in [1.29, 1.82) is 0 Å². The molecule has 0 amide bonds. The number of benzene rings is 1. The lowest BCUT2D eigenvalue weighted by atomic mass is 10.1. The molecule has 1 N–H and O–H groups in total. The minimum absolute atomic E-state index is 0.0142. The van der Waals surface area contributed by atoms with E-state index in [9.17, 15) is 13.2 Å². The Morgan fingerprint density at radius 3 is 2.31 bits per heavy atom. The van der Waals surface area contributed by atoms with Crippen LogP contribution in [0, 0.1) is 0 Å². The predicted octanol–water partition coefficient (Wildman–Crippen LogP) is 3.54. The van der Waals surface area contributed by atoms with Gasteiger partial charge in [-0.25, -0.2) is 0 Å². The van der Waals surface area contributed by atoms with Crippen LogP contribution in [0.4, 0.5) is 13.2 Å². The molecule has 0 saturated carbocycles. The van der Waals surface area contributed by atoms with Crippen LogP contribution in [0.2, 0.25) is 0 Å². The van der Waals surface area contributed by atoms with Crippen molar-refractivity contribution in [2.75, 3.05) is 6.54 Å². The van der Waals surface area contributed by atoms with Crippen molar-refractivity contribution in [3.05, 3.63) is 48.0 Å². The Labute approximate surface area is 93.0 Å². The van der Waals surface area contributed by atoms with Gasteiger partial charge >= 0.3 is 6.18 Å². The van der Waals surface area contributed by atoms with Crippen LogP contribution in [0.1, 0.15) is 24.1 Å². The summed E-state index contributed by atoms with van der Waals surface area (Å²) in [6.45, 7) is 6.08. The quantitative estimate of drug-likeness (QED) is 0.778. The van der Waals surface area contributed by atoms with Gasteiger partial charge in [0.15, 0.2) is 0 Å². The highest BCUT2D eigenvalue weighted by molar-refractivity contribution is 5.26. The van der Waals surface area contributed by atoms with Crippen molar-refractivity contribution in [3.8, 4) is 0 Å². The molecule has 1 aromatic carbocycles. The maximum absolute atomic E-state index is 12.3. The smallest absolute Gasteiger partial charge is 0.307 e. The molecule has 1 nitrogen and oxygen atoms in total. The van der Waals surface area contributed by atoms with Gasteiger partial charge in [0.1, 0.15) is 0 Å². The molecule has 0 aliphatic heterocycles. The van der Waals surface area contributed by atoms with E-state index in [0.29, 0.717) is 6.54 Å². The van der Waals surface area contributed by atoms with Gasteiger partial charge in [-0.05, 0) is 24.6 Å². The maximum atomic E-state index is 12.3. The Morgan fingerprint density at radius 2 is 1.88 bits per heavy atom. The van der Waals surface area contributed by atoms with Crippen LogP contribution in [0.5, 0.6) is 0 Å². The molecule has 0 aliphatic rings. The monoisotopic (exact) mass is 229 g/mol. The SMILES string of the molecule is C=CCNC(C)c1ccc(C(F)(F)F)cc1. The summed E-state index contributed by atoms with van der Waals surface area (Å²) in [6.07, 6.45) is -2.56. The first kappa shape index (κ1) is 12.8. The highest BCUT2D eigenvalue weighted by Gasteiger charge is 2.30. The van der Waals surface area contributed by atoms with Crippen LogP contribution in [0.3, 0.4) is 0 Å². The number of halogens is 3. The molecular weight excluding hydrogens is 215 g/mol. The molecule has 4 heteroatoms. The predicted molar refractivity (Wildman–Crippen MR) is 58.1 cm³/mol. The fraction of sp³-hybridized carbons (Fsp3) is 0.333. The van der Waals surface area contributed by atoms with Gasteiger partial charge in [-0.15, -0.1) is 6.58 Å². The minimum atomic E-state index is -4.27. The number of nitrogens with one attached hydrogen (secondary N) is 1. The highest BCUT2D eigenvalue weighted by atomic mass is 19.4. The number of alkyl halides is 3. The van der Waals surface area contributed by atoms with E-state index in [1.165, 1.54) is 12.1 Å². The van der Waals surface area contributed by atoms with E-state index in [0.717, 1.165) is 17.7 Å². The summed E-state index contributed by atoms with van der Waals surface area (Å²) in [7, 11) is 0. The first-order valence-electron chi connectivity index (χ1n) is 4.96. The van der Waals surface area contributed by atoms with Crippen molar-refractivity contribution >= 4 is 0 Å². The fourth-order valence-electron chi connectivity index (χ4n) is 1.34. The van der Waals surface area contributed by atoms with Gasteiger partial charge < -0.3 is 5.32 Å². The number of hydrogen-bond donors (Lipinski definition) is 1. The fourth-order valence-corrected chi connectivity index (χ4v) is 1.34. The highest BCUT2D eigenvalue weighted by Crippen LogP contribution is 2.29. The zero-order chi connectivity index (χ0) is 12.2. The molecule has 1 unspecified atom stereocenters. The molecule has 0 heterocycles. The molecule has 0 aliphatic carbocycles. The summed E-state index contributed by atoms with van der Waals surface area (Å²) < 4.78 is 36.9. The second kappa shape index (κ2) is 5.16. The van der Waals surface area contributed by atoms with Crippen LogP contribution in [0.25, 0.3) is 0 Å². The number of hydrogen-bond acceptors (Lipinski definition) is 1. The number of rotatable bonds is 4. The lowest BCUT2D eigenvalue weighted by Gasteiger charge is -2.14. The van der Waals surface area contributed by atoms with Crippen molar-refractivity contribution < 1.29 is 13.2 Å².